The summed E-state index contributed by atoms with van der Waals surface area (Å²) >= 11 is 0. The molecule has 1 atom stereocenters. The van der Waals surface area contributed by atoms with Crippen molar-refractivity contribution < 1.29 is 13.2 Å². The number of imidazole rings is 1. The molecule has 0 fully saturated rings. The number of aromatic nitrogens is 4. The summed E-state index contributed by atoms with van der Waals surface area (Å²) in [6.45, 7) is 2.16. The predicted molar refractivity (Wildman–Crippen MR) is 90.6 cm³/mol. The van der Waals surface area contributed by atoms with Gasteiger partial charge in [0.2, 0.25) is 0 Å². The minimum atomic E-state index is -4.37. The van der Waals surface area contributed by atoms with Crippen molar-refractivity contribution in [2.45, 2.75) is 32.1 Å². The summed E-state index contributed by atoms with van der Waals surface area (Å²) in [6.07, 6.45) is 2.00. The van der Waals surface area contributed by atoms with Gasteiger partial charge in [0.05, 0.1) is 11.7 Å². The van der Waals surface area contributed by atoms with Crippen molar-refractivity contribution in [3.8, 4) is 0 Å². The third-order valence-corrected chi connectivity index (χ3v) is 4.90. The fourth-order valence-corrected chi connectivity index (χ4v) is 3.71. The highest BCUT2D eigenvalue weighted by Gasteiger charge is 2.35. The van der Waals surface area contributed by atoms with Gasteiger partial charge in [-0.25, -0.2) is 9.50 Å². The number of pyridine rings is 1. The summed E-state index contributed by atoms with van der Waals surface area (Å²) in [6, 6.07) is 5.96. The van der Waals surface area contributed by atoms with Crippen LogP contribution in [0, 0.1) is 5.92 Å². The molecule has 138 valence electrons. The Morgan fingerprint density at radius 2 is 2.15 bits per heavy atom. The number of hydrogen-bond donors (Lipinski definition) is 0. The van der Waals surface area contributed by atoms with Crippen LogP contribution in [0.2, 0.25) is 0 Å². The molecule has 0 aliphatic carbocycles. The van der Waals surface area contributed by atoms with Crippen LogP contribution in [0.3, 0.4) is 0 Å². The summed E-state index contributed by atoms with van der Waals surface area (Å²) in [4.78, 5) is 5.95. The molecule has 3 aromatic rings. The Morgan fingerprint density at radius 3 is 2.96 bits per heavy atom. The molecule has 8 heteroatoms. The molecule has 0 N–H and O–H groups in total. The number of alkyl halides is 3. The molecule has 1 aliphatic rings. The number of fused-ring (bicyclic) bond motifs is 2. The highest BCUT2D eigenvalue weighted by atomic mass is 19.4. The van der Waals surface area contributed by atoms with Crippen molar-refractivity contribution >= 4 is 5.52 Å². The van der Waals surface area contributed by atoms with E-state index < -0.39 is 11.9 Å². The fourth-order valence-electron chi connectivity index (χ4n) is 3.71. The van der Waals surface area contributed by atoms with E-state index in [0.717, 1.165) is 36.8 Å². The van der Waals surface area contributed by atoms with Crippen LogP contribution in [0.4, 0.5) is 13.2 Å². The highest BCUT2D eigenvalue weighted by molar-refractivity contribution is 5.53. The molecule has 4 heterocycles. The zero-order valence-electron chi connectivity index (χ0n) is 14.4. The Bertz CT molecular complexity index is 911. The van der Waals surface area contributed by atoms with Gasteiger partial charge in [-0.05, 0) is 31.5 Å². The largest absolute Gasteiger partial charge is 0.434 e. The van der Waals surface area contributed by atoms with Crippen LogP contribution in [0.15, 0.2) is 36.8 Å². The average molecular weight is 363 g/mol. The zero-order chi connectivity index (χ0) is 18.3. The molecule has 0 radical (unpaired) electrons. The summed E-state index contributed by atoms with van der Waals surface area (Å²) in [5.41, 5.74) is 1.44. The lowest BCUT2D eigenvalue weighted by atomic mass is 9.99. The zero-order valence-corrected chi connectivity index (χ0v) is 14.4. The van der Waals surface area contributed by atoms with E-state index >= 15 is 0 Å². The first kappa shape index (κ1) is 17.1. The number of halogens is 3. The Kier molecular flexibility index (Phi) is 4.22. The lowest BCUT2D eigenvalue weighted by Gasteiger charge is -2.28. The molecule has 4 rings (SSSR count). The van der Waals surface area contributed by atoms with Gasteiger partial charge >= 0.3 is 6.18 Å². The van der Waals surface area contributed by atoms with E-state index in [1.54, 1.807) is 4.57 Å². The van der Waals surface area contributed by atoms with Gasteiger partial charge in [0, 0.05) is 44.0 Å². The first-order chi connectivity index (χ1) is 12.4. The van der Waals surface area contributed by atoms with Gasteiger partial charge in [-0.3, -0.25) is 0 Å². The molecule has 1 aliphatic heterocycles. The van der Waals surface area contributed by atoms with E-state index in [9.17, 15) is 13.2 Å². The third kappa shape index (κ3) is 3.33. The van der Waals surface area contributed by atoms with Crippen LogP contribution in [-0.2, 0) is 25.7 Å². The fraction of sp³-hybridized carbons (Fsp3) is 0.444. The third-order valence-electron chi connectivity index (χ3n) is 4.90. The monoisotopic (exact) mass is 363 g/mol. The van der Waals surface area contributed by atoms with Gasteiger partial charge in [0.1, 0.15) is 5.82 Å². The van der Waals surface area contributed by atoms with Gasteiger partial charge in [0.15, 0.2) is 5.69 Å². The van der Waals surface area contributed by atoms with Crippen molar-refractivity contribution in [1.29, 1.82) is 0 Å². The van der Waals surface area contributed by atoms with E-state index in [1.165, 1.54) is 0 Å². The highest BCUT2D eigenvalue weighted by Crippen LogP contribution is 2.31. The van der Waals surface area contributed by atoms with E-state index in [1.807, 2.05) is 42.2 Å². The second kappa shape index (κ2) is 6.42. The topological polar surface area (TPSA) is 38.4 Å². The standard InChI is InChI=1S/C18H20F3N5/c1-24(11-14-8-22-26-7-3-2-4-15(14)26)9-13-5-6-17-23-16(18(19,20)21)12-25(17)10-13/h2-4,7-8,12-13H,5-6,9-11H2,1H3. The normalized spacial score (nSPS) is 17.8. The smallest absolute Gasteiger partial charge is 0.334 e. The SMILES string of the molecule is CN(Cc1cnn2ccccc12)CC1CCc2nc(C(F)(F)F)cn2C1. The molecular formula is C18H20F3N5. The Labute approximate surface area is 149 Å². The average Bonchev–Trinajstić information content (AvgIpc) is 3.19. The van der Waals surface area contributed by atoms with Crippen molar-refractivity contribution in [2.75, 3.05) is 13.6 Å². The summed E-state index contributed by atoms with van der Waals surface area (Å²) < 4.78 is 42.0. The van der Waals surface area contributed by atoms with Crippen molar-refractivity contribution in [3.63, 3.8) is 0 Å². The maximum atomic E-state index is 12.8. The van der Waals surface area contributed by atoms with Crippen LogP contribution >= 0.6 is 0 Å². The molecule has 1 unspecified atom stereocenters. The van der Waals surface area contributed by atoms with Crippen LogP contribution in [0.25, 0.3) is 5.52 Å². The van der Waals surface area contributed by atoms with Crippen LogP contribution in [0.5, 0.6) is 0 Å². The van der Waals surface area contributed by atoms with E-state index in [4.69, 9.17) is 0 Å². The molecule has 0 saturated heterocycles. The Hall–Kier alpha value is -2.35. The molecule has 0 spiro atoms. The van der Waals surface area contributed by atoms with Gasteiger partial charge in [0.25, 0.3) is 0 Å². The maximum Gasteiger partial charge on any atom is 0.434 e. The number of rotatable bonds is 4. The number of nitrogens with zero attached hydrogens (tertiary/aromatic N) is 5. The van der Waals surface area contributed by atoms with E-state index in [-0.39, 0.29) is 0 Å². The molecule has 0 bridgehead atoms. The molecule has 5 nitrogen and oxygen atoms in total. The Morgan fingerprint density at radius 1 is 1.31 bits per heavy atom. The molecule has 0 amide bonds. The minimum absolute atomic E-state index is 0.310. The van der Waals surface area contributed by atoms with Gasteiger partial charge in [-0.15, -0.1) is 0 Å². The Balaban J connectivity index is 1.41. The molecule has 26 heavy (non-hydrogen) atoms. The van der Waals surface area contributed by atoms with Gasteiger partial charge in [-0.1, -0.05) is 6.07 Å². The summed E-state index contributed by atoms with van der Waals surface area (Å²) in [7, 11) is 2.04. The molecule has 0 saturated carbocycles. The van der Waals surface area contributed by atoms with Gasteiger partial charge in [-0.2, -0.15) is 18.3 Å². The van der Waals surface area contributed by atoms with E-state index in [0.29, 0.717) is 24.7 Å². The predicted octanol–water partition coefficient (Wildman–Crippen LogP) is 3.24. The minimum Gasteiger partial charge on any atom is -0.334 e. The first-order valence-electron chi connectivity index (χ1n) is 8.63. The first-order valence-corrected chi connectivity index (χ1v) is 8.63. The summed E-state index contributed by atoms with van der Waals surface area (Å²) in [5, 5.41) is 4.35. The van der Waals surface area contributed by atoms with Crippen molar-refractivity contribution in [1.82, 2.24) is 24.1 Å². The molecule has 3 aromatic heterocycles. The van der Waals surface area contributed by atoms with Crippen LogP contribution in [0.1, 0.15) is 23.5 Å². The molecular weight excluding hydrogens is 343 g/mol. The van der Waals surface area contributed by atoms with Crippen molar-refractivity contribution in [3.05, 3.63) is 53.9 Å². The van der Waals surface area contributed by atoms with E-state index in [2.05, 4.69) is 15.0 Å². The maximum absolute atomic E-state index is 12.8. The second-order valence-electron chi connectivity index (χ2n) is 6.99. The quantitative estimate of drug-likeness (QED) is 0.714. The summed E-state index contributed by atoms with van der Waals surface area (Å²) in [5.74, 6) is 0.850. The van der Waals surface area contributed by atoms with Crippen LogP contribution < -0.4 is 0 Å². The lowest BCUT2D eigenvalue weighted by Crippen LogP contribution is -2.31. The second-order valence-corrected chi connectivity index (χ2v) is 6.99. The number of aryl methyl sites for hydroxylation is 1. The van der Waals surface area contributed by atoms with Crippen molar-refractivity contribution in [2.24, 2.45) is 5.92 Å². The van der Waals surface area contributed by atoms with Gasteiger partial charge < -0.3 is 9.47 Å². The van der Waals surface area contributed by atoms with Crippen LogP contribution in [-0.4, -0.2) is 37.7 Å². The lowest BCUT2D eigenvalue weighted by molar-refractivity contribution is -0.141. The number of hydrogen-bond acceptors (Lipinski definition) is 3. The molecule has 0 aromatic carbocycles.